The average molecular weight is 221 g/mol. The first kappa shape index (κ1) is 10.9. The topological polar surface area (TPSA) is 77.2 Å². The molecule has 1 aromatic rings. The lowest BCUT2D eigenvalue weighted by Crippen LogP contribution is -2.31. The fraction of sp³-hybridized carbons (Fsp3) is 0.455. The Balaban J connectivity index is 1.87. The molecule has 1 amide bonds. The summed E-state index contributed by atoms with van der Waals surface area (Å²) in [7, 11) is 0. The minimum Gasteiger partial charge on any atom is -0.397 e. The number of carbonyl (C=O) groups excluding carboxylic acids is 1. The highest BCUT2D eigenvalue weighted by molar-refractivity contribution is 5.79. The number of carbonyl (C=O) groups is 1. The molecule has 16 heavy (non-hydrogen) atoms. The standard InChI is InChI=1S/C11H15N3O2/c12-9-2-1-4-13-10(9)6-14-11(15)8-3-5-16-7-8/h1-2,4,8H,3,5-7,12H2,(H,14,15). The predicted molar refractivity (Wildman–Crippen MR) is 59.4 cm³/mol. The molecule has 0 aliphatic carbocycles. The fourth-order valence-electron chi connectivity index (χ4n) is 1.65. The maximum absolute atomic E-state index is 11.7. The van der Waals surface area contributed by atoms with Gasteiger partial charge in [-0.05, 0) is 18.6 Å². The summed E-state index contributed by atoms with van der Waals surface area (Å²) in [4.78, 5) is 15.8. The Hall–Kier alpha value is -1.62. The van der Waals surface area contributed by atoms with Crippen LogP contribution in [-0.2, 0) is 16.1 Å². The van der Waals surface area contributed by atoms with Gasteiger partial charge >= 0.3 is 0 Å². The van der Waals surface area contributed by atoms with E-state index in [1.54, 1.807) is 18.3 Å². The van der Waals surface area contributed by atoms with Crippen molar-refractivity contribution < 1.29 is 9.53 Å². The Kier molecular flexibility index (Phi) is 3.36. The Morgan fingerprint density at radius 3 is 3.25 bits per heavy atom. The summed E-state index contributed by atoms with van der Waals surface area (Å²) in [6.45, 7) is 1.56. The second kappa shape index (κ2) is 4.94. The Labute approximate surface area is 94.0 Å². The summed E-state index contributed by atoms with van der Waals surface area (Å²) in [6.07, 6.45) is 2.46. The second-order valence-corrected chi connectivity index (χ2v) is 3.82. The van der Waals surface area contributed by atoms with Crippen LogP contribution in [0.2, 0.25) is 0 Å². The van der Waals surface area contributed by atoms with Crippen molar-refractivity contribution in [3.63, 3.8) is 0 Å². The smallest absolute Gasteiger partial charge is 0.225 e. The Morgan fingerprint density at radius 1 is 1.69 bits per heavy atom. The molecule has 5 heteroatoms. The monoisotopic (exact) mass is 221 g/mol. The van der Waals surface area contributed by atoms with Gasteiger partial charge in [0.2, 0.25) is 5.91 Å². The highest BCUT2D eigenvalue weighted by atomic mass is 16.5. The van der Waals surface area contributed by atoms with Crippen LogP contribution in [0.5, 0.6) is 0 Å². The molecule has 0 saturated carbocycles. The van der Waals surface area contributed by atoms with Gasteiger partial charge in [0.1, 0.15) is 0 Å². The van der Waals surface area contributed by atoms with Crippen molar-refractivity contribution in [3.05, 3.63) is 24.0 Å². The SMILES string of the molecule is Nc1cccnc1CNC(=O)C1CCOC1. The summed E-state index contributed by atoms with van der Waals surface area (Å²) in [6, 6.07) is 3.54. The number of aromatic nitrogens is 1. The lowest BCUT2D eigenvalue weighted by molar-refractivity contribution is -0.125. The zero-order chi connectivity index (χ0) is 11.4. The van der Waals surface area contributed by atoms with Crippen LogP contribution in [0.25, 0.3) is 0 Å². The molecule has 1 unspecified atom stereocenters. The third-order valence-electron chi connectivity index (χ3n) is 2.66. The van der Waals surface area contributed by atoms with E-state index in [0.29, 0.717) is 31.1 Å². The number of pyridine rings is 1. The van der Waals surface area contributed by atoms with Crippen LogP contribution < -0.4 is 11.1 Å². The van der Waals surface area contributed by atoms with E-state index in [4.69, 9.17) is 10.5 Å². The van der Waals surface area contributed by atoms with Gasteiger partial charge in [-0.25, -0.2) is 0 Å². The van der Waals surface area contributed by atoms with Crippen molar-refractivity contribution in [2.45, 2.75) is 13.0 Å². The van der Waals surface area contributed by atoms with Crippen molar-refractivity contribution in [2.75, 3.05) is 18.9 Å². The van der Waals surface area contributed by atoms with Crippen LogP contribution in [0.3, 0.4) is 0 Å². The molecule has 0 bridgehead atoms. The van der Waals surface area contributed by atoms with Crippen LogP contribution in [0, 0.1) is 5.92 Å². The van der Waals surface area contributed by atoms with Crippen LogP contribution >= 0.6 is 0 Å². The van der Waals surface area contributed by atoms with Gasteiger partial charge in [0, 0.05) is 12.8 Å². The Bertz CT molecular complexity index is 375. The van der Waals surface area contributed by atoms with E-state index in [0.717, 1.165) is 6.42 Å². The first-order chi connectivity index (χ1) is 7.77. The number of nitrogens with zero attached hydrogens (tertiary/aromatic N) is 1. The number of nitrogens with two attached hydrogens (primary N) is 1. The van der Waals surface area contributed by atoms with Gasteiger partial charge in [-0.3, -0.25) is 9.78 Å². The van der Waals surface area contributed by atoms with Gasteiger partial charge in [0.25, 0.3) is 0 Å². The maximum atomic E-state index is 11.7. The molecular formula is C11H15N3O2. The lowest BCUT2D eigenvalue weighted by Gasteiger charge is -2.09. The van der Waals surface area contributed by atoms with E-state index in [1.807, 2.05) is 0 Å². The highest BCUT2D eigenvalue weighted by Gasteiger charge is 2.23. The van der Waals surface area contributed by atoms with Gasteiger partial charge in [-0.2, -0.15) is 0 Å². The number of amides is 1. The van der Waals surface area contributed by atoms with Crippen molar-refractivity contribution >= 4 is 11.6 Å². The van der Waals surface area contributed by atoms with Crippen LogP contribution in [-0.4, -0.2) is 24.1 Å². The summed E-state index contributed by atoms with van der Waals surface area (Å²) >= 11 is 0. The van der Waals surface area contributed by atoms with Crippen LogP contribution in [0.15, 0.2) is 18.3 Å². The summed E-state index contributed by atoms with van der Waals surface area (Å²) in [5.74, 6) is -0.00695. The molecule has 0 aromatic carbocycles. The van der Waals surface area contributed by atoms with Crippen molar-refractivity contribution in [3.8, 4) is 0 Å². The van der Waals surface area contributed by atoms with Crippen LogP contribution in [0.1, 0.15) is 12.1 Å². The number of anilines is 1. The zero-order valence-electron chi connectivity index (χ0n) is 8.98. The van der Waals surface area contributed by atoms with Gasteiger partial charge in [-0.1, -0.05) is 0 Å². The summed E-state index contributed by atoms with van der Waals surface area (Å²) in [5, 5.41) is 2.82. The molecule has 2 rings (SSSR count). The molecule has 0 radical (unpaired) electrons. The molecule has 1 aromatic heterocycles. The third kappa shape index (κ3) is 2.49. The lowest BCUT2D eigenvalue weighted by atomic mass is 10.1. The van der Waals surface area contributed by atoms with E-state index in [-0.39, 0.29) is 11.8 Å². The highest BCUT2D eigenvalue weighted by Crippen LogP contribution is 2.13. The quantitative estimate of drug-likeness (QED) is 0.770. The first-order valence-corrected chi connectivity index (χ1v) is 5.32. The molecule has 0 spiro atoms. The number of rotatable bonds is 3. The number of nitrogen functional groups attached to an aromatic ring is 1. The minimum absolute atomic E-state index is 0.0163. The molecule has 2 heterocycles. The molecule has 1 fully saturated rings. The van der Waals surface area contributed by atoms with E-state index in [9.17, 15) is 4.79 Å². The van der Waals surface area contributed by atoms with Gasteiger partial charge < -0.3 is 15.8 Å². The van der Waals surface area contributed by atoms with E-state index < -0.39 is 0 Å². The largest absolute Gasteiger partial charge is 0.397 e. The molecule has 5 nitrogen and oxygen atoms in total. The summed E-state index contributed by atoms with van der Waals surface area (Å²) in [5.41, 5.74) is 7.03. The maximum Gasteiger partial charge on any atom is 0.225 e. The molecule has 1 atom stereocenters. The predicted octanol–water partition coefficient (Wildman–Crippen LogP) is 0.317. The summed E-state index contributed by atoms with van der Waals surface area (Å²) < 4.78 is 5.15. The van der Waals surface area contributed by atoms with E-state index >= 15 is 0 Å². The van der Waals surface area contributed by atoms with Gasteiger partial charge in [-0.15, -0.1) is 0 Å². The van der Waals surface area contributed by atoms with Crippen LogP contribution in [0.4, 0.5) is 5.69 Å². The minimum atomic E-state index is -0.0232. The molecule has 1 aliphatic heterocycles. The number of hydrogen-bond acceptors (Lipinski definition) is 4. The fourth-order valence-corrected chi connectivity index (χ4v) is 1.65. The molecule has 1 aliphatic rings. The second-order valence-electron chi connectivity index (χ2n) is 3.82. The number of ether oxygens (including phenoxy) is 1. The van der Waals surface area contributed by atoms with Gasteiger partial charge in [0.15, 0.2) is 0 Å². The van der Waals surface area contributed by atoms with Crippen molar-refractivity contribution in [1.29, 1.82) is 0 Å². The number of hydrogen-bond donors (Lipinski definition) is 2. The number of nitrogens with one attached hydrogen (secondary N) is 1. The normalized spacial score (nSPS) is 19.6. The average Bonchev–Trinajstić information content (AvgIpc) is 2.81. The first-order valence-electron chi connectivity index (χ1n) is 5.32. The van der Waals surface area contributed by atoms with Gasteiger partial charge in [0.05, 0.1) is 30.5 Å². The molecule has 86 valence electrons. The Morgan fingerprint density at radius 2 is 2.56 bits per heavy atom. The molecule has 1 saturated heterocycles. The molecular weight excluding hydrogens is 206 g/mol. The third-order valence-corrected chi connectivity index (χ3v) is 2.66. The van der Waals surface area contributed by atoms with E-state index in [1.165, 1.54) is 0 Å². The van der Waals surface area contributed by atoms with Crippen molar-refractivity contribution in [1.82, 2.24) is 10.3 Å². The zero-order valence-corrected chi connectivity index (χ0v) is 8.98. The van der Waals surface area contributed by atoms with E-state index in [2.05, 4.69) is 10.3 Å². The van der Waals surface area contributed by atoms with Crippen molar-refractivity contribution in [2.24, 2.45) is 5.92 Å². The molecule has 3 N–H and O–H groups in total.